The van der Waals surface area contributed by atoms with Crippen molar-refractivity contribution < 1.29 is 19.4 Å². The molecule has 2 rings (SSSR count). The molecule has 1 aliphatic rings. The lowest BCUT2D eigenvalue weighted by molar-refractivity contribution is -0.147. The Morgan fingerprint density at radius 2 is 1.95 bits per heavy atom. The van der Waals surface area contributed by atoms with Crippen LogP contribution in [0.2, 0.25) is 0 Å². The monoisotopic (exact) mass is 293 g/mol. The van der Waals surface area contributed by atoms with Crippen molar-refractivity contribution in [2.75, 3.05) is 26.2 Å². The fourth-order valence-corrected chi connectivity index (χ4v) is 1.97. The van der Waals surface area contributed by atoms with Gasteiger partial charge in [-0.25, -0.2) is 4.79 Å². The van der Waals surface area contributed by atoms with E-state index >= 15 is 0 Å². The summed E-state index contributed by atoms with van der Waals surface area (Å²) >= 11 is 0. The molecule has 0 unspecified atom stereocenters. The van der Waals surface area contributed by atoms with Gasteiger partial charge < -0.3 is 20.5 Å². The van der Waals surface area contributed by atoms with Gasteiger partial charge >= 0.3 is 12.1 Å². The third kappa shape index (κ3) is 4.17. The topological polar surface area (TPSA) is 99.7 Å². The lowest BCUT2D eigenvalue weighted by Gasteiger charge is -2.39. The van der Waals surface area contributed by atoms with Gasteiger partial charge in [0.1, 0.15) is 12.1 Å². The van der Waals surface area contributed by atoms with Crippen LogP contribution in [0.3, 0.4) is 0 Å². The molecule has 1 fully saturated rings. The minimum Gasteiger partial charge on any atom is -0.480 e. The number of hydrogen-bond donors (Lipinski definition) is 4. The van der Waals surface area contributed by atoms with E-state index in [0.717, 1.165) is 5.56 Å². The molecule has 1 heterocycles. The van der Waals surface area contributed by atoms with Gasteiger partial charge in [-0.15, -0.1) is 0 Å². The minimum absolute atomic E-state index is 0.211. The summed E-state index contributed by atoms with van der Waals surface area (Å²) in [5.41, 5.74) is 0.00598. The summed E-state index contributed by atoms with van der Waals surface area (Å²) in [5.74, 6) is -0.882. The van der Waals surface area contributed by atoms with Gasteiger partial charge in [0.05, 0.1) is 0 Å². The number of carbonyl (C=O) groups is 2. The fraction of sp³-hybridized carbons (Fsp3) is 0.429. The van der Waals surface area contributed by atoms with E-state index in [2.05, 4.69) is 16.0 Å². The van der Waals surface area contributed by atoms with E-state index in [1.165, 1.54) is 0 Å². The van der Waals surface area contributed by atoms with Crippen molar-refractivity contribution in [3.05, 3.63) is 35.9 Å². The van der Waals surface area contributed by atoms with Crippen molar-refractivity contribution in [1.82, 2.24) is 16.0 Å². The molecular weight excluding hydrogens is 274 g/mol. The Kier molecular flexibility index (Phi) is 5.13. The van der Waals surface area contributed by atoms with Crippen LogP contribution in [0, 0.1) is 0 Å². The number of carboxylic acid groups (broad SMARTS) is 1. The van der Waals surface area contributed by atoms with Gasteiger partial charge in [-0.3, -0.25) is 10.1 Å². The van der Waals surface area contributed by atoms with Gasteiger partial charge in [-0.05, 0) is 5.56 Å². The summed E-state index contributed by atoms with van der Waals surface area (Å²) in [6.45, 7) is 1.67. The highest BCUT2D eigenvalue weighted by Gasteiger charge is 2.43. The fourth-order valence-electron chi connectivity index (χ4n) is 1.97. The number of carboxylic acids is 1. The number of hydrogen-bond acceptors (Lipinski definition) is 5. The number of benzene rings is 1. The molecule has 4 N–H and O–H groups in total. The smallest absolute Gasteiger partial charge is 0.407 e. The van der Waals surface area contributed by atoms with E-state index in [-0.39, 0.29) is 6.61 Å². The minimum atomic E-state index is -0.907. The maximum Gasteiger partial charge on any atom is 0.407 e. The van der Waals surface area contributed by atoms with Crippen LogP contribution < -0.4 is 16.0 Å². The van der Waals surface area contributed by atoms with Crippen LogP contribution in [0.4, 0.5) is 4.79 Å². The molecule has 0 bridgehead atoms. The molecule has 114 valence electrons. The Bertz CT molecular complexity index is 488. The second-order valence-corrected chi connectivity index (χ2v) is 4.91. The van der Waals surface area contributed by atoms with Gasteiger partial charge in [0.15, 0.2) is 0 Å². The Morgan fingerprint density at radius 3 is 2.52 bits per heavy atom. The van der Waals surface area contributed by atoms with Crippen LogP contribution in [0.5, 0.6) is 0 Å². The van der Waals surface area contributed by atoms with Gasteiger partial charge in [0, 0.05) is 26.2 Å². The number of rotatable bonds is 7. The van der Waals surface area contributed by atoms with Crippen molar-refractivity contribution in [2.24, 2.45) is 0 Å². The Labute approximate surface area is 122 Å². The van der Waals surface area contributed by atoms with E-state index in [4.69, 9.17) is 9.84 Å². The molecule has 1 aromatic rings. The Morgan fingerprint density at radius 1 is 1.24 bits per heavy atom. The second kappa shape index (κ2) is 7.05. The Hall–Kier alpha value is -2.12. The van der Waals surface area contributed by atoms with E-state index in [1.54, 1.807) is 0 Å². The zero-order valence-corrected chi connectivity index (χ0v) is 11.6. The third-order valence-corrected chi connectivity index (χ3v) is 3.33. The molecule has 1 aliphatic heterocycles. The standard InChI is InChI=1S/C14H19N3O4/c18-12(19)14(9-15-10-14)17-7-6-16-13(20)21-8-11-4-2-1-3-5-11/h1-5,15,17H,6-10H2,(H,16,20)(H,18,19). The highest BCUT2D eigenvalue weighted by atomic mass is 16.5. The van der Waals surface area contributed by atoms with Gasteiger partial charge in [-0.2, -0.15) is 0 Å². The molecular formula is C14H19N3O4. The summed E-state index contributed by atoms with van der Waals surface area (Å²) in [7, 11) is 0. The maximum absolute atomic E-state index is 11.5. The normalized spacial score (nSPS) is 15.8. The van der Waals surface area contributed by atoms with E-state index in [1.807, 2.05) is 30.3 Å². The lowest BCUT2D eigenvalue weighted by atomic mass is 9.93. The van der Waals surface area contributed by atoms with Crippen LogP contribution in [-0.4, -0.2) is 48.9 Å². The molecule has 7 nitrogen and oxygen atoms in total. The first kappa shape index (κ1) is 15.3. The van der Waals surface area contributed by atoms with Crippen molar-refractivity contribution in [1.29, 1.82) is 0 Å². The highest BCUT2D eigenvalue weighted by molar-refractivity contribution is 5.81. The van der Waals surface area contributed by atoms with Crippen LogP contribution >= 0.6 is 0 Å². The summed E-state index contributed by atoms with van der Waals surface area (Å²) in [5, 5.41) is 17.5. The van der Waals surface area contributed by atoms with Crippen molar-refractivity contribution in [3.63, 3.8) is 0 Å². The van der Waals surface area contributed by atoms with Crippen molar-refractivity contribution >= 4 is 12.1 Å². The molecule has 1 amide bonds. The van der Waals surface area contributed by atoms with Crippen LogP contribution in [0.15, 0.2) is 30.3 Å². The second-order valence-electron chi connectivity index (χ2n) is 4.91. The maximum atomic E-state index is 11.5. The predicted octanol–water partition coefficient (Wildman–Crippen LogP) is -0.0710. The number of nitrogens with one attached hydrogen (secondary N) is 3. The first-order valence-electron chi connectivity index (χ1n) is 6.76. The lowest BCUT2D eigenvalue weighted by Crippen LogP contribution is -2.72. The third-order valence-electron chi connectivity index (χ3n) is 3.33. The van der Waals surface area contributed by atoms with E-state index < -0.39 is 17.6 Å². The van der Waals surface area contributed by atoms with E-state index in [0.29, 0.717) is 26.2 Å². The van der Waals surface area contributed by atoms with E-state index in [9.17, 15) is 9.59 Å². The van der Waals surface area contributed by atoms with Crippen molar-refractivity contribution in [2.45, 2.75) is 12.1 Å². The molecule has 0 aromatic heterocycles. The predicted molar refractivity (Wildman–Crippen MR) is 75.9 cm³/mol. The zero-order valence-electron chi connectivity index (χ0n) is 11.6. The molecule has 1 saturated heterocycles. The molecule has 0 atom stereocenters. The van der Waals surface area contributed by atoms with Crippen LogP contribution in [0.25, 0.3) is 0 Å². The molecule has 7 heteroatoms. The summed E-state index contributed by atoms with van der Waals surface area (Å²) in [6, 6.07) is 9.38. The number of amides is 1. The van der Waals surface area contributed by atoms with Gasteiger partial charge in [0.25, 0.3) is 0 Å². The number of aliphatic carboxylic acids is 1. The summed E-state index contributed by atoms with van der Waals surface area (Å²) in [6.07, 6.45) is -0.517. The molecule has 0 saturated carbocycles. The average molecular weight is 293 g/mol. The summed E-state index contributed by atoms with van der Waals surface area (Å²) < 4.78 is 5.04. The number of ether oxygens (including phenoxy) is 1. The van der Waals surface area contributed by atoms with Gasteiger partial charge in [-0.1, -0.05) is 30.3 Å². The SMILES string of the molecule is O=C(NCCNC1(C(=O)O)CNC1)OCc1ccccc1. The molecule has 0 radical (unpaired) electrons. The molecule has 0 aliphatic carbocycles. The van der Waals surface area contributed by atoms with Crippen molar-refractivity contribution in [3.8, 4) is 0 Å². The molecule has 1 aromatic carbocycles. The highest BCUT2D eigenvalue weighted by Crippen LogP contribution is 2.10. The largest absolute Gasteiger partial charge is 0.480 e. The van der Waals surface area contributed by atoms with Crippen LogP contribution in [-0.2, 0) is 16.1 Å². The quantitative estimate of drug-likeness (QED) is 0.525. The molecule has 0 spiro atoms. The molecule has 21 heavy (non-hydrogen) atoms. The number of carbonyl (C=O) groups excluding carboxylic acids is 1. The summed E-state index contributed by atoms with van der Waals surface area (Å²) in [4.78, 5) is 22.5. The Balaban J connectivity index is 1.60. The van der Waals surface area contributed by atoms with Crippen LogP contribution in [0.1, 0.15) is 5.56 Å². The van der Waals surface area contributed by atoms with Gasteiger partial charge in [0.2, 0.25) is 0 Å². The zero-order chi connectivity index (χ0) is 15.1. The first-order valence-corrected chi connectivity index (χ1v) is 6.76. The average Bonchev–Trinajstić information content (AvgIpc) is 2.44. The number of alkyl carbamates (subject to hydrolysis) is 1. The first-order chi connectivity index (χ1) is 10.1.